The van der Waals surface area contributed by atoms with Gasteiger partial charge in [0.15, 0.2) is 17.5 Å². The SMILES string of the molecule is [CH2-]Oc1ccc(-c2nc(-c3ccccc3)nc(-c3ccccc3)n2)c(O)c1.[Y].[Y]. The van der Waals surface area contributed by atoms with Crippen molar-refractivity contribution in [2.45, 2.75) is 0 Å². The topological polar surface area (TPSA) is 68.1 Å². The van der Waals surface area contributed by atoms with Crippen molar-refractivity contribution in [1.82, 2.24) is 15.0 Å². The Labute approximate surface area is 219 Å². The van der Waals surface area contributed by atoms with Crippen molar-refractivity contribution in [2.24, 2.45) is 0 Å². The minimum atomic E-state index is 0. The summed E-state index contributed by atoms with van der Waals surface area (Å²) in [6, 6.07) is 24.2. The van der Waals surface area contributed by atoms with Gasteiger partial charge in [0.1, 0.15) is 5.75 Å². The fraction of sp³-hybridized carbons (Fsp3) is 0. The van der Waals surface area contributed by atoms with Crippen molar-refractivity contribution in [3.05, 3.63) is 86.0 Å². The Balaban J connectivity index is 0.00000150. The zero-order valence-electron chi connectivity index (χ0n) is 15.6. The second-order valence-corrected chi connectivity index (χ2v) is 5.86. The zero-order valence-corrected chi connectivity index (χ0v) is 21.2. The number of phenols is 1. The van der Waals surface area contributed by atoms with Crippen LogP contribution in [0.4, 0.5) is 0 Å². The number of benzene rings is 3. The zero-order chi connectivity index (χ0) is 18.6. The molecule has 0 saturated carbocycles. The minimum Gasteiger partial charge on any atom is -0.665 e. The largest absolute Gasteiger partial charge is 0.665 e. The number of ether oxygens (including phenoxy) is 1. The van der Waals surface area contributed by atoms with Crippen molar-refractivity contribution in [2.75, 3.05) is 0 Å². The van der Waals surface area contributed by atoms with E-state index in [9.17, 15) is 5.11 Å². The molecule has 1 N–H and O–H groups in total. The minimum absolute atomic E-state index is 0. The van der Waals surface area contributed by atoms with Crippen molar-refractivity contribution >= 4 is 0 Å². The van der Waals surface area contributed by atoms with Gasteiger partial charge in [-0.15, -0.1) is 0 Å². The fourth-order valence-electron chi connectivity index (χ4n) is 2.72. The first-order chi connectivity index (χ1) is 13.2. The number of aromatic nitrogens is 3. The average Bonchev–Trinajstić information content (AvgIpc) is 2.74. The smallest absolute Gasteiger partial charge is 0.167 e. The van der Waals surface area contributed by atoms with Gasteiger partial charge in [0, 0.05) is 82.6 Å². The molecule has 5 nitrogen and oxygen atoms in total. The molecule has 0 aliphatic rings. The van der Waals surface area contributed by atoms with Crippen molar-refractivity contribution in [1.29, 1.82) is 0 Å². The van der Waals surface area contributed by atoms with Crippen LogP contribution in [0.25, 0.3) is 34.2 Å². The van der Waals surface area contributed by atoms with Gasteiger partial charge in [-0.05, 0) is 12.1 Å². The van der Waals surface area contributed by atoms with Gasteiger partial charge in [0.2, 0.25) is 0 Å². The summed E-state index contributed by atoms with van der Waals surface area (Å²) >= 11 is 0. The van der Waals surface area contributed by atoms with Crippen LogP contribution >= 0.6 is 0 Å². The summed E-state index contributed by atoms with van der Waals surface area (Å²) in [5.41, 5.74) is 2.23. The molecule has 4 aromatic rings. The molecular formula is C22H16N3O2Y2-. The first kappa shape index (κ1) is 23.8. The van der Waals surface area contributed by atoms with Gasteiger partial charge in [0.25, 0.3) is 0 Å². The van der Waals surface area contributed by atoms with E-state index in [1.807, 2.05) is 60.7 Å². The van der Waals surface area contributed by atoms with Crippen LogP contribution in [0.2, 0.25) is 0 Å². The number of rotatable bonds is 4. The standard InChI is InChI=1S/C22H16N3O2.2Y/c1-27-17-12-13-18(19(26)14-17)22-24-20(15-8-4-2-5-9-15)23-21(25-22)16-10-6-3-7-11-16;;/h2-14,26H,1H2;;/q-1;;. The molecule has 0 fully saturated rings. The number of hydrogen-bond donors (Lipinski definition) is 1. The van der Waals surface area contributed by atoms with E-state index in [2.05, 4.69) is 22.1 Å². The maximum absolute atomic E-state index is 10.4. The van der Waals surface area contributed by atoms with Crippen molar-refractivity contribution in [3.63, 3.8) is 0 Å². The third kappa shape index (κ3) is 5.55. The first-order valence-electron chi connectivity index (χ1n) is 8.37. The van der Waals surface area contributed by atoms with Crippen molar-refractivity contribution < 1.29 is 75.3 Å². The average molecular weight is 532 g/mol. The van der Waals surface area contributed by atoms with E-state index in [0.717, 1.165) is 11.1 Å². The second kappa shape index (κ2) is 11.0. The normalized spacial score (nSPS) is 9.83. The predicted octanol–water partition coefficient (Wildman–Crippen LogP) is 4.74. The molecule has 1 aromatic heterocycles. The predicted molar refractivity (Wildman–Crippen MR) is 104 cm³/mol. The summed E-state index contributed by atoms with van der Waals surface area (Å²) in [5.74, 6) is 1.93. The quantitative estimate of drug-likeness (QED) is 0.385. The molecule has 1 heterocycles. The summed E-state index contributed by atoms with van der Waals surface area (Å²) in [5, 5.41) is 10.4. The second-order valence-electron chi connectivity index (χ2n) is 5.86. The summed E-state index contributed by atoms with van der Waals surface area (Å²) in [4.78, 5) is 13.8. The van der Waals surface area contributed by atoms with Crippen LogP contribution in [0.15, 0.2) is 78.9 Å². The molecule has 7 heteroatoms. The molecule has 2 radical (unpaired) electrons. The van der Waals surface area contributed by atoms with E-state index < -0.39 is 0 Å². The van der Waals surface area contributed by atoms with Gasteiger partial charge >= 0.3 is 0 Å². The van der Waals surface area contributed by atoms with Gasteiger partial charge in [-0.1, -0.05) is 60.7 Å². The van der Waals surface area contributed by atoms with E-state index in [4.69, 9.17) is 4.74 Å². The molecule has 0 spiro atoms. The first-order valence-corrected chi connectivity index (χ1v) is 8.37. The Kier molecular flexibility index (Phi) is 9.03. The van der Waals surface area contributed by atoms with Crippen LogP contribution in [0, 0.1) is 7.11 Å². The van der Waals surface area contributed by atoms with Crippen LogP contribution in [-0.4, -0.2) is 20.1 Å². The Morgan fingerprint density at radius 3 is 1.59 bits per heavy atom. The number of nitrogens with zero attached hydrogens (tertiary/aromatic N) is 3. The van der Waals surface area contributed by atoms with Crippen LogP contribution in [0.1, 0.15) is 0 Å². The van der Waals surface area contributed by atoms with E-state index in [1.54, 1.807) is 12.1 Å². The molecule has 29 heavy (non-hydrogen) atoms. The van der Waals surface area contributed by atoms with Gasteiger partial charge in [-0.2, -0.15) is 7.11 Å². The summed E-state index contributed by atoms with van der Waals surface area (Å²) in [6.45, 7) is 0. The van der Waals surface area contributed by atoms with Crippen LogP contribution < -0.4 is 4.74 Å². The molecule has 4 rings (SSSR count). The van der Waals surface area contributed by atoms with Crippen LogP contribution in [0.5, 0.6) is 11.5 Å². The van der Waals surface area contributed by atoms with Crippen molar-refractivity contribution in [3.8, 4) is 45.7 Å². The Morgan fingerprint density at radius 2 is 1.14 bits per heavy atom. The maximum atomic E-state index is 10.4. The summed E-state index contributed by atoms with van der Waals surface area (Å²) in [7, 11) is 3.35. The summed E-state index contributed by atoms with van der Waals surface area (Å²) < 4.78 is 4.91. The Morgan fingerprint density at radius 1 is 0.655 bits per heavy atom. The fourth-order valence-corrected chi connectivity index (χ4v) is 2.72. The molecule has 0 bridgehead atoms. The third-order valence-corrected chi connectivity index (χ3v) is 4.08. The molecule has 0 unspecified atom stereocenters. The van der Waals surface area contributed by atoms with Gasteiger partial charge in [-0.25, -0.2) is 15.0 Å². The summed E-state index contributed by atoms with van der Waals surface area (Å²) in [6.07, 6.45) is 0. The number of aromatic hydroxyl groups is 1. The molecule has 0 amide bonds. The molecule has 0 saturated heterocycles. The van der Waals surface area contributed by atoms with Gasteiger partial charge < -0.3 is 9.84 Å². The molecule has 0 atom stereocenters. The number of phenolic OH excluding ortho intramolecular Hbond substituents is 1. The third-order valence-electron chi connectivity index (χ3n) is 4.08. The Hall–Kier alpha value is -1.52. The molecular weight excluding hydrogens is 516 g/mol. The monoisotopic (exact) mass is 532 g/mol. The molecule has 138 valence electrons. The van der Waals surface area contributed by atoms with Gasteiger partial charge in [0.05, 0.1) is 11.3 Å². The molecule has 0 aliphatic carbocycles. The van der Waals surface area contributed by atoms with E-state index in [1.165, 1.54) is 6.07 Å². The van der Waals surface area contributed by atoms with Gasteiger partial charge in [-0.3, -0.25) is 0 Å². The van der Waals surface area contributed by atoms with Crippen LogP contribution in [-0.2, 0) is 65.4 Å². The van der Waals surface area contributed by atoms with E-state index in [-0.39, 0.29) is 71.2 Å². The maximum Gasteiger partial charge on any atom is 0.167 e. The van der Waals surface area contributed by atoms with E-state index in [0.29, 0.717) is 28.8 Å². The molecule has 0 aliphatic heterocycles. The number of hydrogen-bond acceptors (Lipinski definition) is 5. The molecule has 3 aromatic carbocycles. The van der Waals surface area contributed by atoms with E-state index >= 15 is 0 Å². The van der Waals surface area contributed by atoms with Crippen LogP contribution in [0.3, 0.4) is 0 Å². The Bertz CT molecular complexity index is 1020.